The number of rotatable bonds is 5. The minimum Gasteiger partial charge on any atom is -0.354 e. The highest BCUT2D eigenvalue weighted by Crippen LogP contribution is 2.42. The van der Waals surface area contributed by atoms with Gasteiger partial charge in [-0.15, -0.1) is 0 Å². The molecular formula is C19H22ClN3O2S2. The van der Waals surface area contributed by atoms with Crippen LogP contribution in [0, 0.1) is 4.78 Å². The second-order valence-electron chi connectivity index (χ2n) is 6.35. The molecule has 1 N–H and O–H groups in total. The second-order valence-corrected chi connectivity index (χ2v) is 10.3. The highest BCUT2D eigenvalue weighted by atomic mass is 35.5. The van der Waals surface area contributed by atoms with Crippen molar-refractivity contribution in [3.8, 4) is 0 Å². The van der Waals surface area contributed by atoms with E-state index in [1.807, 2.05) is 42.7 Å². The Morgan fingerprint density at radius 2 is 1.85 bits per heavy atom. The van der Waals surface area contributed by atoms with Crippen LogP contribution < -0.4 is 0 Å². The lowest BCUT2D eigenvalue weighted by atomic mass is 10.1. The molecule has 0 radical (unpaired) electrons. The Bertz CT molecular complexity index is 1000. The molecule has 0 spiro atoms. The largest absolute Gasteiger partial charge is 0.354 e. The zero-order chi connectivity index (χ0) is 19.8. The van der Waals surface area contributed by atoms with E-state index in [9.17, 15) is 8.42 Å². The zero-order valence-electron chi connectivity index (χ0n) is 15.4. The smallest absolute Gasteiger partial charge is 0.242 e. The van der Waals surface area contributed by atoms with Gasteiger partial charge in [-0.25, -0.2) is 12.7 Å². The van der Waals surface area contributed by atoms with E-state index >= 15 is 0 Å². The molecule has 2 unspecified atom stereocenters. The summed E-state index contributed by atoms with van der Waals surface area (Å²) in [5.74, 6) is 0. The van der Waals surface area contributed by atoms with Crippen molar-refractivity contribution in [2.75, 3.05) is 20.6 Å². The van der Waals surface area contributed by atoms with Crippen LogP contribution >= 0.6 is 11.6 Å². The summed E-state index contributed by atoms with van der Waals surface area (Å²) in [5.41, 5.74) is 2.52. The molecule has 0 fully saturated rings. The van der Waals surface area contributed by atoms with Crippen LogP contribution in [-0.4, -0.2) is 38.3 Å². The minimum atomic E-state index is -3.56. The number of benzene rings is 2. The molecule has 144 valence electrons. The lowest BCUT2D eigenvalue weighted by Gasteiger charge is -2.29. The fourth-order valence-corrected chi connectivity index (χ4v) is 5.85. The average Bonchev–Trinajstić information content (AvgIpc) is 2.98. The van der Waals surface area contributed by atoms with Gasteiger partial charge in [0.05, 0.1) is 10.6 Å². The topological polar surface area (TPSA) is 64.5 Å². The van der Waals surface area contributed by atoms with Gasteiger partial charge in [-0.2, -0.15) is 0 Å². The first-order valence-corrected chi connectivity index (χ1v) is 11.6. The van der Waals surface area contributed by atoms with Crippen molar-refractivity contribution in [2.24, 2.45) is 0 Å². The summed E-state index contributed by atoms with van der Waals surface area (Å²) in [6, 6.07) is 14.7. The highest BCUT2D eigenvalue weighted by molar-refractivity contribution is 7.89. The first kappa shape index (κ1) is 20.1. The fraction of sp³-hybridized carbons (Fsp3) is 0.263. The molecule has 1 heterocycles. The molecule has 3 rings (SSSR count). The highest BCUT2D eigenvalue weighted by Gasteiger charge is 2.32. The molecule has 2 aromatic rings. The Balaban J connectivity index is 2.09. The van der Waals surface area contributed by atoms with Crippen molar-refractivity contribution in [1.82, 2.24) is 9.21 Å². The number of sulfonamides is 1. The summed E-state index contributed by atoms with van der Waals surface area (Å²) < 4.78 is 34.8. The third kappa shape index (κ3) is 3.69. The van der Waals surface area contributed by atoms with Gasteiger partial charge in [0.25, 0.3) is 0 Å². The zero-order valence-corrected chi connectivity index (χ0v) is 17.8. The van der Waals surface area contributed by atoms with E-state index in [0.717, 1.165) is 11.3 Å². The molecule has 2 aromatic carbocycles. The maximum Gasteiger partial charge on any atom is 0.242 e. The van der Waals surface area contributed by atoms with Gasteiger partial charge in [0.1, 0.15) is 5.37 Å². The molecule has 2 atom stereocenters. The molecule has 1 aliphatic heterocycles. The van der Waals surface area contributed by atoms with E-state index in [0.29, 0.717) is 17.1 Å². The molecule has 5 nitrogen and oxygen atoms in total. The Hall–Kier alpha value is -1.67. The van der Waals surface area contributed by atoms with Crippen LogP contribution in [0.2, 0.25) is 5.02 Å². The van der Waals surface area contributed by atoms with Crippen LogP contribution in [0.25, 0.3) is 5.70 Å². The van der Waals surface area contributed by atoms with E-state index in [4.69, 9.17) is 16.4 Å². The van der Waals surface area contributed by atoms with Crippen molar-refractivity contribution in [1.29, 1.82) is 4.78 Å². The van der Waals surface area contributed by atoms with Crippen molar-refractivity contribution in [2.45, 2.75) is 17.2 Å². The Morgan fingerprint density at radius 1 is 1.19 bits per heavy atom. The standard InChI is InChI=1S/C19H22ClN3O2S2/c1-4-23-18(13-26(21)19(23)14-8-6-5-7-9-14)16-12-15(10-11-17(16)20)27(24,25)22(2)3/h5-13,19,21H,4H2,1-3H3. The minimum absolute atomic E-state index is 0.101. The lowest BCUT2D eigenvalue weighted by Crippen LogP contribution is -2.25. The Morgan fingerprint density at radius 3 is 2.44 bits per heavy atom. The van der Waals surface area contributed by atoms with Crippen molar-refractivity contribution in [3.63, 3.8) is 0 Å². The third-order valence-corrected chi connectivity index (χ3v) is 8.11. The number of nitrogens with one attached hydrogen (secondary N) is 1. The van der Waals surface area contributed by atoms with Crippen LogP contribution in [0.3, 0.4) is 0 Å². The summed E-state index contributed by atoms with van der Waals surface area (Å²) in [7, 11) is -1.33. The van der Waals surface area contributed by atoms with Gasteiger partial charge >= 0.3 is 0 Å². The van der Waals surface area contributed by atoms with Gasteiger partial charge in [-0.1, -0.05) is 52.6 Å². The van der Waals surface area contributed by atoms with Gasteiger partial charge in [0.15, 0.2) is 0 Å². The van der Waals surface area contributed by atoms with Crippen molar-refractivity contribution < 1.29 is 8.42 Å². The monoisotopic (exact) mass is 423 g/mol. The molecule has 0 amide bonds. The molecule has 1 aliphatic rings. The van der Waals surface area contributed by atoms with Crippen LogP contribution in [0.4, 0.5) is 0 Å². The molecule has 0 saturated carbocycles. The number of halogens is 1. The van der Waals surface area contributed by atoms with Gasteiger partial charge in [0, 0.05) is 36.6 Å². The summed E-state index contributed by atoms with van der Waals surface area (Å²) in [6.45, 7) is 2.72. The normalized spacial score (nSPS) is 20.2. The number of hydrogen-bond donors (Lipinski definition) is 1. The first-order chi connectivity index (χ1) is 12.8. The van der Waals surface area contributed by atoms with Gasteiger partial charge in [-0.3, -0.25) is 4.78 Å². The summed E-state index contributed by atoms with van der Waals surface area (Å²) in [5, 5.41) is 2.26. The summed E-state index contributed by atoms with van der Waals surface area (Å²) in [6.07, 6.45) is 0. The average molecular weight is 424 g/mol. The quantitative estimate of drug-likeness (QED) is 0.779. The van der Waals surface area contributed by atoms with Crippen molar-refractivity contribution >= 4 is 38.0 Å². The maximum absolute atomic E-state index is 12.5. The second kappa shape index (κ2) is 7.75. The number of nitrogens with zero attached hydrogens (tertiary/aromatic N) is 2. The summed E-state index contributed by atoms with van der Waals surface area (Å²) in [4.78, 5) is 2.32. The first-order valence-electron chi connectivity index (χ1n) is 8.46. The number of hydrogen-bond acceptors (Lipinski definition) is 4. The maximum atomic E-state index is 12.5. The van der Waals surface area contributed by atoms with Crippen molar-refractivity contribution in [3.05, 3.63) is 70.1 Å². The Kier molecular flexibility index (Phi) is 5.76. The van der Waals surface area contributed by atoms with E-state index in [-0.39, 0.29) is 10.3 Å². The Labute approximate surface area is 168 Å². The molecule has 8 heteroatoms. The van der Waals surface area contributed by atoms with Crippen LogP contribution in [-0.2, 0) is 20.7 Å². The molecule has 27 heavy (non-hydrogen) atoms. The predicted molar refractivity (Wildman–Crippen MR) is 112 cm³/mol. The van der Waals surface area contributed by atoms with E-state index < -0.39 is 20.7 Å². The van der Waals surface area contributed by atoms with Gasteiger partial charge in [-0.05, 0) is 30.7 Å². The van der Waals surface area contributed by atoms with Crippen LogP contribution in [0.1, 0.15) is 23.4 Å². The SMILES string of the molecule is CCN1C(c2cc(S(=O)(=O)N(C)C)ccc2Cl)=CS(=N)C1c1ccccc1. The summed E-state index contributed by atoms with van der Waals surface area (Å²) >= 11 is 6.44. The van der Waals surface area contributed by atoms with E-state index in [2.05, 4.69) is 4.90 Å². The molecule has 0 bridgehead atoms. The predicted octanol–water partition coefficient (Wildman–Crippen LogP) is 4.30. The van der Waals surface area contributed by atoms with Gasteiger partial charge < -0.3 is 4.90 Å². The molecule has 0 aromatic heterocycles. The van der Waals surface area contributed by atoms with Gasteiger partial charge in [0.2, 0.25) is 10.0 Å². The molecule has 0 saturated heterocycles. The molecule has 0 aliphatic carbocycles. The van der Waals surface area contributed by atoms with E-state index in [1.165, 1.54) is 24.5 Å². The van der Waals surface area contributed by atoms with Crippen LogP contribution in [0.5, 0.6) is 0 Å². The molecular weight excluding hydrogens is 402 g/mol. The third-order valence-electron chi connectivity index (χ3n) is 4.49. The lowest BCUT2D eigenvalue weighted by molar-refractivity contribution is 0.407. The van der Waals surface area contributed by atoms with Crippen LogP contribution in [0.15, 0.2) is 58.8 Å². The fourth-order valence-electron chi connectivity index (χ4n) is 3.09. The van der Waals surface area contributed by atoms with E-state index in [1.54, 1.807) is 12.1 Å².